The van der Waals surface area contributed by atoms with Crippen LogP contribution >= 0.6 is 11.8 Å². The van der Waals surface area contributed by atoms with Crippen LogP contribution in [0.25, 0.3) is 28.0 Å². The molecule has 10 nitrogen and oxygen atoms in total. The van der Waals surface area contributed by atoms with Gasteiger partial charge in [-0.15, -0.1) is 10.2 Å². The third-order valence-corrected chi connectivity index (χ3v) is 7.54. The van der Waals surface area contributed by atoms with E-state index in [2.05, 4.69) is 20.5 Å². The van der Waals surface area contributed by atoms with Gasteiger partial charge in [0.05, 0.1) is 39.9 Å². The number of hydrogen-bond acceptors (Lipinski definition) is 8. The molecule has 0 aliphatic rings. The largest absolute Gasteiger partial charge is 0.497 e. The van der Waals surface area contributed by atoms with E-state index in [1.807, 2.05) is 71.4 Å². The van der Waals surface area contributed by atoms with Crippen molar-refractivity contribution in [2.75, 3.05) is 40.7 Å². The molecule has 0 aliphatic heterocycles. The molecule has 0 aliphatic carbocycles. The number of methoxy groups -OCH3 is 4. The molecule has 2 aromatic heterocycles. The molecule has 3 aromatic carbocycles. The van der Waals surface area contributed by atoms with Gasteiger partial charge < -0.3 is 29.2 Å². The van der Waals surface area contributed by atoms with Crippen molar-refractivity contribution in [2.45, 2.75) is 11.6 Å². The highest BCUT2D eigenvalue weighted by Gasteiger charge is 2.22. The number of carbonyl (C=O) groups excluding carboxylic acids is 1. The Balaban J connectivity index is 1.37. The third kappa shape index (κ3) is 5.94. The number of fused-ring (bicyclic) bond motifs is 1. The van der Waals surface area contributed by atoms with E-state index < -0.39 is 0 Å². The van der Waals surface area contributed by atoms with E-state index in [0.717, 1.165) is 22.0 Å². The lowest BCUT2D eigenvalue weighted by atomic mass is 10.1. The van der Waals surface area contributed by atoms with Crippen molar-refractivity contribution < 1.29 is 23.7 Å². The molecule has 212 valence electrons. The molecule has 2 N–H and O–H groups in total. The zero-order valence-electron chi connectivity index (χ0n) is 23.3. The maximum Gasteiger partial charge on any atom is 0.230 e. The number of rotatable bonds is 12. The first-order valence-corrected chi connectivity index (χ1v) is 13.9. The summed E-state index contributed by atoms with van der Waals surface area (Å²) in [5, 5.41) is 13.6. The molecule has 0 bridgehead atoms. The van der Waals surface area contributed by atoms with E-state index in [0.29, 0.717) is 52.6 Å². The van der Waals surface area contributed by atoms with Crippen LogP contribution in [0, 0.1) is 0 Å². The number of thioether (sulfide) groups is 1. The van der Waals surface area contributed by atoms with Crippen molar-refractivity contribution in [2.24, 2.45) is 0 Å². The Bertz CT molecular complexity index is 1660. The molecule has 0 fully saturated rings. The Kier molecular flexibility index (Phi) is 8.64. The first-order chi connectivity index (χ1) is 20.1. The number of carbonyl (C=O) groups is 1. The van der Waals surface area contributed by atoms with Crippen LogP contribution in [-0.4, -0.2) is 66.4 Å². The predicted octanol–water partition coefficient (Wildman–Crippen LogP) is 4.90. The quantitative estimate of drug-likeness (QED) is 0.203. The summed E-state index contributed by atoms with van der Waals surface area (Å²) in [7, 11) is 6.43. The maximum absolute atomic E-state index is 12.8. The highest BCUT2D eigenvalue weighted by Crippen LogP contribution is 2.37. The van der Waals surface area contributed by atoms with Crippen molar-refractivity contribution in [3.05, 3.63) is 72.4 Å². The van der Waals surface area contributed by atoms with Crippen LogP contribution < -0.4 is 24.3 Å². The van der Waals surface area contributed by atoms with Gasteiger partial charge in [-0.2, -0.15) is 0 Å². The van der Waals surface area contributed by atoms with Gasteiger partial charge in [-0.25, -0.2) is 0 Å². The van der Waals surface area contributed by atoms with Crippen molar-refractivity contribution in [3.8, 4) is 40.1 Å². The molecule has 0 saturated heterocycles. The lowest BCUT2D eigenvalue weighted by Gasteiger charge is -2.15. The van der Waals surface area contributed by atoms with E-state index in [1.54, 1.807) is 28.4 Å². The number of aromatic amines is 1. The van der Waals surface area contributed by atoms with Gasteiger partial charge in [0, 0.05) is 35.3 Å². The topological polar surface area (TPSA) is 113 Å². The molecule has 1 amide bonds. The predicted molar refractivity (Wildman–Crippen MR) is 159 cm³/mol. The number of para-hydroxylation sites is 1. The van der Waals surface area contributed by atoms with Crippen LogP contribution in [0.3, 0.4) is 0 Å². The first kappa shape index (κ1) is 27.9. The minimum absolute atomic E-state index is 0.115. The minimum Gasteiger partial charge on any atom is -0.497 e. The molecule has 0 radical (unpaired) electrons. The SMILES string of the molecule is COc1ccc(OC)c(-n2c(SCC(=O)NCCc3ccc(OC)c(OC)c3)nnc2-c2c[nH]c3ccccc23)c1. The molecule has 41 heavy (non-hydrogen) atoms. The molecule has 0 unspecified atom stereocenters. The Labute approximate surface area is 242 Å². The van der Waals surface area contributed by atoms with Crippen LogP contribution in [0.1, 0.15) is 5.56 Å². The van der Waals surface area contributed by atoms with Crippen LogP contribution in [0.15, 0.2) is 72.0 Å². The van der Waals surface area contributed by atoms with Gasteiger partial charge in [0.2, 0.25) is 5.91 Å². The van der Waals surface area contributed by atoms with Crippen molar-refractivity contribution >= 4 is 28.6 Å². The van der Waals surface area contributed by atoms with Crippen LogP contribution in [0.5, 0.6) is 23.0 Å². The smallest absolute Gasteiger partial charge is 0.230 e. The number of hydrogen-bond donors (Lipinski definition) is 2. The van der Waals surface area contributed by atoms with Crippen molar-refractivity contribution in [1.29, 1.82) is 0 Å². The Morgan fingerprint density at radius 2 is 1.68 bits per heavy atom. The Morgan fingerprint density at radius 3 is 2.46 bits per heavy atom. The van der Waals surface area contributed by atoms with E-state index in [9.17, 15) is 4.79 Å². The van der Waals surface area contributed by atoms with Gasteiger partial charge in [-0.05, 0) is 42.3 Å². The molecule has 5 rings (SSSR count). The fraction of sp³-hybridized carbons (Fsp3) is 0.233. The van der Waals surface area contributed by atoms with Crippen LogP contribution in [0.4, 0.5) is 0 Å². The summed E-state index contributed by atoms with van der Waals surface area (Å²) < 4.78 is 23.8. The minimum atomic E-state index is -0.115. The second-order valence-electron chi connectivity index (χ2n) is 9.01. The summed E-state index contributed by atoms with van der Waals surface area (Å²) in [5.41, 5.74) is 3.60. The van der Waals surface area contributed by atoms with Gasteiger partial charge in [-0.3, -0.25) is 9.36 Å². The molecule has 11 heteroatoms. The second-order valence-corrected chi connectivity index (χ2v) is 9.95. The number of aromatic nitrogens is 4. The first-order valence-electron chi connectivity index (χ1n) is 12.9. The van der Waals surface area contributed by atoms with Crippen molar-refractivity contribution in [3.63, 3.8) is 0 Å². The summed E-state index contributed by atoms with van der Waals surface area (Å²) in [6.07, 6.45) is 2.56. The monoisotopic (exact) mass is 573 g/mol. The summed E-state index contributed by atoms with van der Waals surface area (Å²) in [6.45, 7) is 0.478. The van der Waals surface area contributed by atoms with E-state index in [-0.39, 0.29) is 11.7 Å². The lowest BCUT2D eigenvalue weighted by molar-refractivity contribution is -0.118. The molecule has 0 atom stereocenters. The standard InChI is InChI=1S/C30H31N5O5S/c1-37-20-10-12-25(38-2)24(16-20)35-29(22-17-32-23-8-6-5-7-21(22)23)33-34-30(35)41-18-28(36)31-14-13-19-9-11-26(39-3)27(15-19)40-4/h5-12,15-17,32H,13-14,18H2,1-4H3,(H,31,36). The molecule has 2 heterocycles. The Hall–Kier alpha value is -4.64. The number of nitrogens with one attached hydrogen (secondary N) is 2. The molecule has 5 aromatic rings. The second kappa shape index (κ2) is 12.7. The van der Waals surface area contributed by atoms with Gasteiger partial charge in [0.25, 0.3) is 0 Å². The van der Waals surface area contributed by atoms with Crippen LogP contribution in [-0.2, 0) is 11.2 Å². The average Bonchev–Trinajstić information content (AvgIpc) is 3.63. The van der Waals surface area contributed by atoms with Crippen LogP contribution in [0.2, 0.25) is 0 Å². The van der Waals surface area contributed by atoms with Gasteiger partial charge in [-0.1, -0.05) is 36.0 Å². The zero-order chi connectivity index (χ0) is 28.8. The van der Waals surface area contributed by atoms with Gasteiger partial charge in [0.15, 0.2) is 22.5 Å². The highest BCUT2D eigenvalue weighted by atomic mass is 32.2. The zero-order valence-corrected chi connectivity index (χ0v) is 24.1. The normalized spacial score (nSPS) is 10.9. The molecule has 0 spiro atoms. The molecular weight excluding hydrogens is 542 g/mol. The van der Waals surface area contributed by atoms with Gasteiger partial charge >= 0.3 is 0 Å². The maximum atomic E-state index is 12.8. The van der Waals surface area contributed by atoms with Crippen molar-refractivity contribution in [1.82, 2.24) is 25.1 Å². The molecule has 0 saturated carbocycles. The lowest BCUT2D eigenvalue weighted by Crippen LogP contribution is -2.27. The number of nitrogens with zero attached hydrogens (tertiary/aromatic N) is 3. The number of ether oxygens (including phenoxy) is 4. The number of H-pyrrole nitrogens is 1. The highest BCUT2D eigenvalue weighted by molar-refractivity contribution is 7.99. The van der Waals surface area contributed by atoms with E-state index >= 15 is 0 Å². The summed E-state index contributed by atoms with van der Waals surface area (Å²) >= 11 is 1.30. The Morgan fingerprint density at radius 1 is 0.902 bits per heavy atom. The number of amides is 1. The summed E-state index contributed by atoms with van der Waals surface area (Å²) in [6, 6.07) is 19.3. The van der Waals surface area contributed by atoms with E-state index in [4.69, 9.17) is 18.9 Å². The average molecular weight is 574 g/mol. The summed E-state index contributed by atoms with van der Waals surface area (Å²) in [5.74, 6) is 3.26. The fourth-order valence-corrected chi connectivity index (χ4v) is 5.32. The van der Waals surface area contributed by atoms with E-state index in [1.165, 1.54) is 11.8 Å². The van der Waals surface area contributed by atoms with Gasteiger partial charge in [0.1, 0.15) is 11.5 Å². The fourth-order valence-electron chi connectivity index (χ4n) is 4.55. The third-order valence-electron chi connectivity index (χ3n) is 6.61. The summed E-state index contributed by atoms with van der Waals surface area (Å²) in [4.78, 5) is 16.1. The number of benzene rings is 3. The molecular formula is C30H31N5O5S.